The van der Waals surface area contributed by atoms with Crippen molar-refractivity contribution in [2.45, 2.75) is 13.0 Å². The highest BCUT2D eigenvalue weighted by atomic mass is 16.5. The Hall–Kier alpha value is -4.02. The van der Waals surface area contributed by atoms with Crippen LogP contribution in [0.3, 0.4) is 0 Å². The van der Waals surface area contributed by atoms with Gasteiger partial charge in [0.15, 0.2) is 5.65 Å². The van der Waals surface area contributed by atoms with Crippen molar-refractivity contribution in [2.24, 2.45) is 0 Å². The molecular weight excluding hydrogens is 460 g/mol. The first kappa shape index (κ1) is 25.1. The molecule has 1 amide bonds. The van der Waals surface area contributed by atoms with Crippen LogP contribution in [-0.2, 0) is 4.74 Å². The van der Waals surface area contributed by atoms with Crippen LogP contribution in [0.5, 0.6) is 17.4 Å². The van der Waals surface area contributed by atoms with Crippen LogP contribution in [0, 0.1) is 0 Å². The summed E-state index contributed by atoms with van der Waals surface area (Å²) in [6.45, 7) is 3.67. The van der Waals surface area contributed by atoms with Gasteiger partial charge in [-0.05, 0) is 51.4 Å². The molecule has 4 aromatic rings. The first-order valence-electron chi connectivity index (χ1n) is 11.6. The van der Waals surface area contributed by atoms with Gasteiger partial charge in [0.05, 0.1) is 12.2 Å². The maximum atomic E-state index is 12.3. The summed E-state index contributed by atoms with van der Waals surface area (Å²) in [5.41, 5.74) is 2.68. The third-order valence-corrected chi connectivity index (χ3v) is 5.21. The number of hydrogen-bond donors (Lipinski definition) is 2. The number of aromatic amines is 1. The topological polar surface area (TPSA) is 114 Å². The van der Waals surface area contributed by atoms with E-state index >= 15 is 0 Å². The normalized spacial score (nSPS) is 12.0. The maximum Gasteiger partial charge on any atom is 0.252 e. The number of fused-ring (bicyclic) bond motifs is 1. The zero-order valence-electron chi connectivity index (χ0n) is 20.8. The Morgan fingerprint density at radius 3 is 2.69 bits per heavy atom. The molecular formula is C26H30N6O4. The molecule has 0 aliphatic rings. The molecule has 0 unspecified atom stereocenters. The Bertz CT molecular complexity index is 1270. The average molecular weight is 491 g/mol. The third kappa shape index (κ3) is 6.55. The van der Waals surface area contributed by atoms with Crippen molar-refractivity contribution < 1.29 is 19.0 Å². The lowest BCUT2D eigenvalue weighted by molar-refractivity contribution is 0.0920. The van der Waals surface area contributed by atoms with Crippen LogP contribution in [0.15, 0.2) is 54.9 Å². The third-order valence-electron chi connectivity index (χ3n) is 5.21. The van der Waals surface area contributed by atoms with Crippen molar-refractivity contribution in [3.05, 3.63) is 60.4 Å². The highest BCUT2D eigenvalue weighted by Crippen LogP contribution is 2.32. The number of nitrogens with zero attached hydrogens (tertiary/aromatic N) is 4. The number of benzene rings is 1. The number of carbonyl (C=O) groups excluding carboxylic acids is 1. The van der Waals surface area contributed by atoms with Crippen LogP contribution in [0.4, 0.5) is 0 Å². The predicted molar refractivity (Wildman–Crippen MR) is 136 cm³/mol. The van der Waals surface area contributed by atoms with Crippen LogP contribution < -0.4 is 14.8 Å². The molecule has 0 aliphatic heterocycles. The summed E-state index contributed by atoms with van der Waals surface area (Å²) in [7, 11) is 5.54. The van der Waals surface area contributed by atoms with E-state index in [-0.39, 0.29) is 12.0 Å². The Kier molecular flexibility index (Phi) is 8.09. The molecule has 0 saturated carbocycles. The van der Waals surface area contributed by atoms with Crippen LogP contribution >= 0.6 is 0 Å². The van der Waals surface area contributed by atoms with E-state index in [1.165, 1.54) is 6.20 Å². The molecule has 3 heterocycles. The van der Waals surface area contributed by atoms with E-state index < -0.39 is 0 Å². The molecule has 36 heavy (non-hydrogen) atoms. The van der Waals surface area contributed by atoms with E-state index in [2.05, 4.69) is 25.3 Å². The highest BCUT2D eigenvalue weighted by Gasteiger charge is 2.13. The van der Waals surface area contributed by atoms with Crippen molar-refractivity contribution in [1.82, 2.24) is 30.2 Å². The molecule has 188 valence electrons. The Morgan fingerprint density at radius 1 is 1.14 bits per heavy atom. The fraction of sp³-hybridized carbons (Fsp3) is 0.308. The number of aromatic nitrogens is 4. The second kappa shape index (κ2) is 11.6. The SMILES string of the molecule is COC[C@H](C)Oc1cc(Oc2ccc(C(=O)NCCN(C)C)cn2)cc(-c2nc3cccnc3[nH]2)c1. The first-order chi connectivity index (χ1) is 17.4. The van der Waals surface area contributed by atoms with E-state index in [4.69, 9.17) is 14.2 Å². The van der Waals surface area contributed by atoms with E-state index in [1.807, 2.05) is 50.2 Å². The number of hydrogen-bond acceptors (Lipinski definition) is 8. The summed E-state index contributed by atoms with van der Waals surface area (Å²) in [5.74, 6) is 1.91. The predicted octanol–water partition coefficient (Wildman–Crippen LogP) is 3.52. The van der Waals surface area contributed by atoms with Gasteiger partial charge in [-0.3, -0.25) is 4.79 Å². The molecule has 0 spiro atoms. The molecule has 0 saturated heterocycles. The van der Waals surface area contributed by atoms with Crippen LogP contribution in [0.1, 0.15) is 17.3 Å². The summed E-state index contributed by atoms with van der Waals surface area (Å²) in [4.78, 5) is 30.8. The minimum Gasteiger partial charge on any atom is -0.488 e. The summed E-state index contributed by atoms with van der Waals surface area (Å²) >= 11 is 0. The van der Waals surface area contributed by atoms with Crippen molar-refractivity contribution >= 4 is 17.1 Å². The number of pyridine rings is 2. The molecule has 10 nitrogen and oxygen atoms in total. The lowest BCUT2D eigenvalue weighted by Gasteiger charge is -2.16. The molecule has 1 atom stereocenters. The fourth-order valence-electron chi connectivity index (χ4n) is 3.51. The number of imidazole rings is 1. The van der Waals surface area contributed by atoms with Gasteiger partial charge in [-0.2, -0.15) is 0 Å². The van der Waals surface area contributed by atoms with E-state index in [0.29, 0.717) is 47.6 Å². The zero-order chi connectivity index (χ0) is 25.5. The van der Waals surface area contributed by atoms with Crippen molar-refractivity contribution in [3.63, 3.8) is 0 Å². The van der Waals surface area contributed by atoms with Crippen molar-refractivity contribution in [2.75, 3.05) is 40.9 Å². The minimum absolute atomic E-state index is 0.168. The zero-order valence-corrected chi connectivity index (χ0v) is 20.8. The molecule has 0 fully saturated rings. The van der Waals surface area contributed by atoms with Gasteiger partial charge in [-0.15, -0.1) is 0 Å². The fourth-order valence-corrected chi connectivity index (χ4v) is 3.51. The van der Waals surface area contributed by atoms with Gasteiger partial charge in [0.1, 0.15) is 28.9 Å². The second-order valence-corrected chi connectivity index (χ2v) is 8.58. The lowest BCUT2D eigenvalue weighted by atomic mass is 10.2. The largest absolute Gasteiger partial charge is 0.488 e. The summed E-state index contributed by atoms with van der Waals surface area (Å²) in [6, 6.07) is 12.6. The summed E-state index contributed by atoms with van der Waals surface area (Å²) in [5, 5.41) is 2.87. The monoisotopic (exact) mass is 490 g/mol. The molecule has 1 aromatic carbocycles. The molecule has 0 bridgehead atoms. The number of methoxy groups -OCH3 is 1. The number of rotatable bonds is 11. The molecule has 3 aromatic heterocycles. The van der Waals surface area contributed by atoms with E-state index in [0.717, 1.165) is 17.6 Å². The van der Waals surface area contributed by atoms with Gasteiger partial charge in [0.25, 0.3) is 5.91 Å². The number of amides is 1. The summed E-state index contributed by atoms with van der Waals surface area (Å²) < 4.78 is 17.3. The second-order valence-electron chi connectivity index (χ2n) is 8.58. The Labute approximate surface area is 209 Å². The quantitative estimate of drug-likeness (QED) is 0.328. The van der Waals surface area contributed by atoms with Crippen LogP contribution in [0.25, 0.3) is 22.6 Å². The van der Waals surface area contributed by atoms with E-state index in [9.17, 15) is 4.79 Å². The van der Waals surface area contributed by atoms with Gasteiger partial charge in [-0.25, -0.2) is 15.0 Å². The highest BCUT2D eigenvalue weighted by molar-refractivity contribution is 5.93. The van der Waals surface area contributed by atoms with Crippen LogP contribution in [0.2, 0.25) is 0 Å². The maximum absolute atomic E-state index is 12.3. The lowest BCUT2D eigenvalue weighted by Crippen LogP contribution is -2.31. The van der Waals surface area contributed by atoms with Gasteiger partial charge in [0.2, 0.25) is 5.88 Å². The standard InChI is InChI=1S/C26H30N6O4/c1-17(16-34-4)35-20-12-19(24-30-22-6-5-9-27-25(22)31-24)13-21(14-20)36-23-8-7-18(15-29-23)26(33)28-10-11-32(2)3/h5-9,12-15,17H,10-11,16H2,1-4H3,(H,28,33)(H,27,30,31)/t17-/m0/s1. The van der Waals surface area contributed by atoms with Gasteiger partial charge >= 0.3 is 0 Å². The summed E-state index contributed by atoms with van der Waals surface area (Å²) in [6.07, 6.45) is 3.04. The van der Waals surface area contributed by atoms with Crippen LogP contribution in [-0.4, -0.2) is 77.7 Å². The Morgan fingerprint density at radius 2 is 1.97 bits per heavy atom. The number of nitrogens with one attached hydrogen (secondary N) is 2. The minimum atomic E-state index is -0.181. The first-order valence-corrected chi connectivity index (χ1v) is 11.6. The molecule has 0 aliphatic carbocycles. The van der Waals surface area contributed by atoms with Gasteiger partial charge in [-0.1, -0.05) is 0 Å². The smallest absolute Gasteiger partial charge is 0.252 e. The van der Waals surface area contributed by atoms with Crippen molar-refractivity contribution in [1.29, 1.82) is 0 Å². The van der Waals surface area contributed by atoms with Crippen molar-refractivity contribution in [3.8, 4) is 28.8 Å². The number of carbonyl (C=O) groups is 1. The molecule has 4 rings (SSSR count). The van der Waals surface area contributed by atoms with E-state index in [1.54, 1.807) is 31.5 Å². The number of likely N-dealkylation sites (N-methyl/N-ethyl adjacent to an activating group) is 1. The van der Waals surface area contributed by atoms with Gasteiger partial charge in [0, 0.05) is 50.3 Å². The molecule has 10 heteroatoms. The molecule has 0 radical (unpaired) electrons. The van der Waals surface area contributed by atoms with Gasteiger partial charge < -0.3 is 29.4 Å². The molecule has 2 N–H and O–H groups in total. The number of H-pyrrole nitrogens is 1. The number of ether oxygens (including phenoxy) is 3. The Balaban J connectivity index is 1.56. The average Bonchev–Trinajstić information content (AvgIpc) is 3.29.